The van der Waals surface area contributed by atoms with Crippen LogP contribution in [0, 0.1) is 0 Å². The Hall–Kier alpha value is -1.04. The van der Waals surface area contributed by atoms with Crippen molar-refractivity contribution in [1.82, 2.24) is 0 Å². The van der Waals surface area contributed by atoms with Crippen LogP contribution in [0.15, 0.2) is 28.1 Å². The Kier molecular flexibility index (Phi) is 4.24. The summed E-state index contributed by atoms with van der Waals surface area (Å²) in [7, 11) is 0. The van der Waals surface area contributed by atoms with Gasteiger partial charge in [0.05, 0.1) is 11.5 Å². The number of benzene rings is 1. The van der Waals surface area contributed by atoms with Gasteiger partial charge in [0.1, 0.15) is 23.7 Å². The van der Waals surface area contributed by atoms with Crippen molar-refractivity contribution in [2.75, 3.05) is 6.61 Å². The summed E-state index contributed by atoms with van der Waals surface area (Å²) in [5, 5.41) is 12.7. The van der Waals surface area contributed by atoms with Crippen molar-refractivity contribution in [2.24, 2.45) is 0 Å². The van der Waals surface area contributed by atoms with Gasteiger partial charge in [0.2, 0.25) is 0 Å². The first kappa shape index (κ1) is 14.9. The van der Waals surface area contributed by atoms with Gasteiger partial charge >= 0.3 is 0 Å². The van der Waals surface area contributed by atoms with Gasteiger partial charge in [0.15, 0.2) is 0 Å². The molecule has 112 valence electrons. The molecule has 3 rings (SSSR count). The van der Waals surface area contributed by atoms with E-state index >= 15 is 0 Å². The van der Waals surface area contributed by atoms with E-state index in [1.807, 2.05) is 37.4 Å². The molecular weight excluding hydrogens is 352 g/mol. The predicted octanol–water partition coefficient (Wildman–Crippen LogP) is 4.31. The Morgan fingerprint density at radius 1 is 1.52 bits per heavy atom. The van der Waals surface area contributed by atoms with Crippen LogP contribution in [0.1, 0.15) is 36.0 Å². The van der Waals surface area contributed by atoms with Gasteiger partial charge in [-0.1, -0.05) is 0 Å². The number of rotatable bonds is 4. The number of ether oxygens (including phenoxy) is 2. The van der Waals surface area contributed by atoms with E-state index in [0.717, 1.165) is 38.4 Å². The number of hydrogen-bond acceptors (Lipinski definition) is 4. The third-order valence-electron chi connectivity index (χ3n) is 3.52. The van der Waals surface area contributed by atoms with Crippen molar-refractivity contribution in [3.63, 3.8) is 0 Å². The molecule has 0 saturated heterocycles. The molecule has 1 N–H and O–H groups in total. The molecule has 21 heavy (non-hydrogen) atoms. The Morgan fingerprint density at radius 2 is 2.33 bits per heavy atom. The van der Waals surface area contributed by atoms with E-state index in [9.17, 15) is 5.11 Å². The van der Waals surface area contributed by atoms with Gasteiger partial charge in [0, 0.05) is 22.0 Å². The molecule has 1 aromatic carbocycles. The molecule has 0 aliphatic carbocycles. The molecule has 1 aliphatic rings. The summed E-state index contributed by atoms with van der Waals surface area (Å²) in [6, 6.07) is 5.86. The molecule has 0 fully saturated rings. The normalized spacial score (nSPS) is 18.2. The summed E-state index contributed by atoms with van der Waals surface area (Å²) >= 11 is 5.00. The number of fused-ring (bicyclic) bond motifs is 1. The maximum Gasteiger partial charge on any atom is 0.126 e. The van der Waals surface area contributed by atoms with Crippen molar-refractivity contribution >= 4 is 27.3 Å². The van der Waals surface area contributed by atoms with E-state index in [-0.39, 0.29) is 6.10 Å². The lowest BCUT2D eigenvalue weighted by Gasteiger charge is -2.17. The van der Waals surface area contributed by atoms with Crippen molar-refractivity contribution < 1.29 is 14.6 Å². The Labute approximate surface area is 136 Å². The molecule has 1 aromatic heterocycles. The first-order valence-electron chi connectivity index (χ1n) is 6.97. The molecule has 2 atom stereocenters. The third-order valence-corrected chi connectivity index (χ3v) is 5.44. The molecule has 0 amide bonds. The Bertz CT molecular complexity index is 653. The van der Waals surface area contributed by atoms with Crippen LogP contribution in [0.3, 0.4) is 0 Å². The third kappa shape index (κ3) is 2.82. The van der Waals surface area contributed by atoms with Gasteiger partial charge in [-0.25, -0.2) is 0 Å². The zero-order chi connectivity index (χ0) is 15.0. The fourth-order valence-electron chi connectivity index (χ4n) is 2.59. The van der Waals surface area contributed by atoms with Crippen LogP contribution in [-0.4, -0.2) is 17.8 Å². The SMILES string of the molecule is CCOc1cc2c(cc1C(O)c1sccc1Br)OC(C)C2. The van der Waals surface area contributed by atoms with Crippen molar-refractivity contribution in [3.05, 3.63) is 44.1 Å². The standard InChI is InChI=1S/C16H17BrO3S/c1-3-19-14-7-10-6-9(2)20-13(10)8-11(14)15(18)16-12(17)4-5-21-16/h4-5,7-9,15,18H,3,6H2,1-2H3. The van der Waals surface area contributed by atoms with E-state index in [2.05, 4.69) is 15.9 Å². The summed E-state index contributed by atoms with van der Waals surface area (Å²) in [5.41, 5.74) is 1.90. The Balaban J connectivity index is 2.04. The highest BCUT2D eigenvalue weighted by Crippen LogP contribution is 2.42. The van der Waals surface area contributed by atoms with E-state index in [4.69, 9.17) is 9.47 Å². The predicted molar refractivity (Wildman–Crippen MR) is 87.5 cm³/mol. The number of halogens is 1. The van der Waals surface area contributed by atoms with Gasteiger partial charge in [-0.2, -0.15) is 0 Å². The van der Waals surface area contributed by atoms with Crippen molar-refractivity contribution in [3.8, 4) is 11.5 Å². The topological polar surface area (TPSA) is 38.7 Å². The smallest absolute Gasteiger partial charge is 0.126 e. The molecule has 3 nitrogen and oxygen atoms in total. The van der Waals surface area contributed by atoms with Gasteiger partial charge in [-0.3, -0.25) is 0 Å². The summed E-state index contributed by atoms with van der Waals surface area (Å²) in [6.07, 6.45) is 0.343. The molecular formula is C16H17BrO3S. The van der Waals surface area contributed by atoms with Gasteiger partial charge < -0.3 is 14.6 Å². The summed E-state index contributed by atoms with van der Waals surface area (Å²) in [5.74, 6) is 1.59. The van der Waals surface area contributed by atoms with Crippen LogP contribution >= 0.6 is 27.3 Å². The largest absolute Gasteiger partial charge is 0.493 e. The highest BCUT2D eigenvalue weighted by Gasteiger charge is 2.26. The molecule has 5 heteroatoms. The fraction of sp³-hybridized carbons (Fsp3) is 0.375. The minimum Gasteiger partial charge on any atom is -0.493 e. The van der Waals surface area contributed by atoms with Crippen LogP contribution in [0.4, 0.5) is 0 Å². The monoisotopic (exact) mass is 368 g/mol. The fourth-order valence-corrected chi connectivity index (χ4v) is 4.18. The zero-order valence-electron chi connectivity index (χ0n) is 11.9. The number of aliphatic hydroxyl groups is 1. The second-order valence-corrected chi connectivity index (χ2v) is 6.90. The van der Waals surface area contributed by atoms with Crippen molar-refractivity contribution in [2.45, 2.75) is 32.5 Å². The Morgan fingerprint density at radius 3 is 3.00 bits per heavy atom. The maximum atomic E-state index is 10.7. The highest BCUT2D eigenvalue weighted by molar-refractivity contribution is 9.10. The second-order valence-electron chi connectivity index (χ2n) is 5.10. The molecule has 2 heterocycles. The molecule has 0 spiro atoms. The summed E-state index contributed by atoms with van der Waals surface area (Å²) < 4.78 is 12.4. The van der Waals surface area contributed by atoms with E-state index < -0.39 is 6.10 Å². The first-order valence-corrected chi connectivity index (χ1v) is 8.64. The van der Waals surface area contributed by atoms with Gasteiger partial charge in [-0.05, 0) is 53.4 Å². The second kappa shape index (κ2) is 5.99. The quantitative estimate of drug-likeness (QED) is 0.873. The lowest BCUT2D eigenvalue weighted by molar-refractivity contribution is 0.213. The van der Waals surface area contributed by atoms with E-state index in [0.29, 0.717) is 6.61 Å². The first-order chi connectivity index (χ1) is 10.1. The van der Waals surface area contributed by atoms with Crippen molar-refractivity contribution in [1.29, 1.82) is 0 Å². The van der Waals surface area contributed by atoms with Crippen LogP contribution in [-0.2, 0) is 6.42 Å². The number of thiophene rings is 1. The van der Waals surface area contributed by atoms with Crippen LogP contribution in [0.5, 0.6) is 11.5 Å². The highest BCUT2D eigenvalue weighted by atomic mass is 79.9. The van der Waals surface area contributed by atoms with Gasteiger partial charge in [0.25, 0.3) is 0 Å². The summed E-state index contributed by atoms with van der Waals surface area (Å²) in [4.78, 5) is 0.877. The van der Waals surface area contributed by atoms with Crippen LogP contribution in [0.25, 0.3) is 0 Å². The molecule has 0 bridgehead atoms. The minimum atomic E-state index is -0.717. The molecule has 2 unspecified atom stereocenters. The molecule has 0 radical (unpaired) electrons. The maximum absolute atomic E-state index is 10.7. The van der Waals surface area contributed by atoms with E-state index in [1.54, 1.807) is 0 Å². The number of hydrogen-bond donors (Lipinski definition) is 1. The lowest BCUT2D eigenvalue weighted by atomic mass is 10.0. The molecule has 2 aromatic rings. The van der Waals surface area contributed by atoms with Crippen LogP contribution in [0.2, 0.25) is 0 Å². The van der Waals surface area contributed by atoms with E-state index in [1.165, 1.54) is 11.3 Å². The van der Waals surface area contributed by atoms with Crippen LogP contribution < -0.4 is 9.47 Å². The number of aliphatic hydroxyl groups excluding tert-OH is 1. The minimum absolute atomic E-state index is 0.176. The average molecular weight is 369 g/mol. The molecule has 0 saturated carbocycles. The molecule has 1 aliphatic heterocycles. The van der Waals surface area contributed by atoms with Gasteiger partial charge in [-0.15, -0.1) is 11.3 Å². The summed E-state index contributed by atoms with van der Waals surface area (Å²) in [6.45, 7) is 4.57. The average Bonchev–Trinajstić information content (AvgIpc) is 3.02. The zero-order valence-corrected chi connectivity index (χ0v) is 14.3. The lowest BCUT2D eigenvalue weighted by Crippen LogP contribution is -2.05.